The minimum absolute atomic E-state index is 0.0539. The van der Waals surface area contributed by atoms with E-state index in [1.807, 2.05) is 17.9 Å². The highest BCUT2D eigenvalue weighted by Gasteiger charge is 2.75. The van der Waals surface area contributed by atoms with E-state index in [4.69, 9.17) is 0 Å². The minimum Gasteiger partial charge on any atom is -0.365 e. The van der Waals surface area contributed by atoms with Gasteiger partial charge in [-0.15, -0.1) is 0 Å². The Morgan fingerprint density at radius 2 is 1.91 bits per heavy atom. The Morgan fingerprint density at radius 3 is 2.62 bits per heavy atom. The van der Waals surface area contributed by atoms with Crippen molar-refractivity contribution in [2.45, 2.75) is 38.0 Å². The molecule has 2 saturated carbocycles. The van der Waals surface area contributed by atoms with E-state index in [9.17, 15) is 18.0 Å². The highest BCUT2D eigenvalue weighted by atomic mass is 19.4. The van der Waals surface area contributed by atoms with Crippen molar-refractivity contribution in [2.75, 3.05) is 11.9 Å². The van der Waals surface area contributed by atoms with Crippen LogP contribution < -0.4 is 5.32 Å². The van der Waals surface area contributed by atoms with Gasteiger partial charge in [0.1, 0.15) is 11.5 Å². The molecule has 174 valence electrons. The molecule has 6 rings (SSSR count). The summed E-state index contributed by atoms with van der Waals surface area (Å²) in [4.78, 5) is 32.6. The van der Waals surface area contributed by atoms with Crippen molar-refractivity contribution in [1.82, 2.24) is 24.8 Å². The normalized spacial score (nSPS) is 26.9. The highest BCUT2D eigenvalue weighted by Crippen LogP contribution is 2.71. The van der Waals surface area contributed by atoms with Gasteiger partial charge in [0.05, 0.1) is 17.2 Å². The molecule has 3 aliphatic rings. The Morgan fingerprint density at radius 1 is 1.12 bits per heavy atom. The first kappa shape index (κ1) is 21.0. The SMILES string of the molecule is Cc1cnc(C(=O)N2CC3CC34CC(Nc3ccc(C(F)(F)F)cn3)C24)c(-c2ncccn2)c1. The summed E-state index contributed by atoms with van der Waals surface area (Å²) >= 11 is 0. The van der Waals surface area contributed by atoms with Gasteiger partial charge in [0.2, 0.25) is 0 Å². The predicted molar refractivity (Wildman–Crippen MR) is 117 cm³/mol. The largest absolute Gasteiger partial charge is 0.417 e. The quantitative estimate of drug-likeness (QED) is 0.626. The van der Waals surface area contributed by atoms with Gasteiger partial charge >= 0.3 is 6.18 Å². The molecule has 3 aromatic heterocycles. The van der Waals surface area contributed by atoms with Gasteiger partial charge in [0.25, 0.3) is 5.91 Å². The maximum Gasteiger partial charge on any atom is 0.417 e. The molecular weight excluding hydrogens is 445 g/mol. The van der Waals surface area contributed by atoms with Crippen molar-refractivity contribution in [3.05, 3.63) is 65.9 Å². The van der Waals surface area contributed by atoms with Crippen molar-refractivity contribution in [3.63, 3.8) is 0 Å². The molecule has 0 bridgehead atoms. The molecule has 3 fully saturated rings. The van der Waals surface area contributed by atoms with Gasteiger partial charge in [-0.05, 0) is 60.9 Å². The van der Waals surface area contributed by atoms with Gasteiger partial charge in [-0.2, -0.15) is 13.2 Å². The molecule has 1 N–H and O–H groups in total. The monoisotopic (exact) mass is 466 g/mol. The maximum absolute atomic E-state index is 13.7. The summed E-state index contributed by atoms with van der Waals surface area (Å²) in [6.07, 6.45) is 3.25. The lowest BCUT2D eigenvalue weighted by atomic mass is 9.71. The summed E-state index contributed by atoms with van der Waals surface area (Å²) in [5.74, 6) is 1.09. The second-order valence-electron chi connectivity index (χ2n) is 9.40. The number of aromatic nitrogens is 4. The van der Waals surface area contributed by atoms with Crippen molar-refractivity contribution >= 4 is 11.7 Å². The molecule has 4 heterocycles. The van der Waals surface area contributed by atoms with Crippen LogP contribution >= 0.6 is 0 Å². The van der Waals surface area contributed by atoms with Crippen LogP contribution in [0.4, 0.5) is 19.0 Å². The number of carbonyl (C=O) groups is 1. The maximum atomic E-state index is 13.7. The number of likely N-dealkylation sites (tertiary alicyclic amines) is 1. The molecule has 34 heavy (non-hydrogen) atoms. The molecule has 3 aromatic rings. The zero-order valence-corrected chi connectivity index (χ0v) is 18.3. The third-order valence-corrected chi connectivity index (χ3v) is 7.32. The van der Waals surface area contributed by atoms with Crippen LogP contribution in [-0.2, 0) is 6.18 Å². The van der Waals surface area contributed by atoms with E-state index in [-0.39, 0.29) is 23.4 Å². The summed E-state index contributed by atoms with van der Waals surface area (Å²) in [7, 11) is 0. The lowest BCUT2D eigenvalue weighted by molar-refractivity contribution is -0.137. The van der Waals surface area contributed by atoms with Crippen LogP contribution in [0.25, 0.3) is 11.4 Å². The lowest BCUT2D eigenvalue weighted by Gasteiger charge is -2.48. The number of halogens is 3. The summed E-state index contributed by atoms with van der Waals surface area (Å²) in [5, 5.41) is 3.25. The summed E-state index contributed by atoms with van der Waals surface area (Å²) < 4.78 is 38.6. The summed E-state index contributed by atoms with van der Waals surface area (Å²) in [5.41, 5.74) is 1.10. The smallest absolute Gasteiger partial charge is 0.365 e. The van der Waals surface area contributed by atoms with Crippen LogP contribution in [-0.4, -0.2) is 49.4 Å². The van der Waals surface area contributed by atoms with Crippen LogP contribution in [0.3, 0.4) is 0 Å². The number of pyridine rings is 2. The molecule has 10 heteroatoms. The Labute approximate surface area is 193 Å². The van der Waals surface area contributed by atoms with E-state index in [0.29, 0.717) is 35.4 Å². The average molecular weight is 466 g/mol. The number of nitrogens with one attached hydrogen (secondary N) is 1. The van der Waals surface area contributed by atoms with Gasteiger partial charge < -0.3 is 10.2 Å². The van der Waals surface area contributed by atoms with E-state index in [2.05, 4.69) is 25.3 Å². The molecule has 4 unspecified atom stereocenters. The fourth-order valence-corrected chi connectivity index (χ4v) is 5.68. The summed E-state index contributed by atoms with van der Waals surface area (Å²) in [6.45, 7) is 2.55. The van der Waals surface area contributed by atoms with Crippen molar-refractivity contribution < 1.29 is 18.0 Å². The number of hydrogen-bond acceptors (Lipinski definition) is 6. The Bertz CT molecular complexity index is 1270. The van der Waals surface area contributed by atoms with E-state index < -0.39 is 11.7 Å². The number of hydrogen-bond donors (Lipinski definition) is 1. The number of alkyl halides is 3. The van der Waals surface area contributed by atoms with Gasteiger partial charge in [-0.1, -0.05) is 0 Å². The fraction of sp³-hybridized carbons (Fsp3) is 0.375. The molecule has 1 spiro atoms. The highest BCUT2D eigenvalue weighted by molar-refractivity contribution is 5.99. The number of aryl methyl sites for hydroxylation is 1. The van der Waals surface area contributed by atoms with E-state index >= 15 is 0 Å². The molecule has 4 atom stereocenters. The van der Waals surface area contributed by atoms with Gasteiger partial charge in [-0.25, -0.2) is 15.0 Å². The van der Waals surface area contributed by atoms with Crippen LogP contribution in [0, 0.1) is 18.3 Å². The molecule has 0 radical (unpaired) electrons. The molecular formula is C24H21F3N6O. The van der Waals surface area contributed by atoms with Gasteiger partial charge in [0.15, 0.2) is 5.82 Å². The predicted octanol–water partition coefficient (Wildman–Crippen LogP) is 3.98. The van der Waals surface area contributed by atoms with Crippen molar-refractivity contribution in [3.8, 4) is 11.4 Å². The van der Waals surface area contributed by atoms with Crippen LogP contribution in [0.2, 0.25) is 0 Å². The molecule has 1 amide bonds. The topological polar surface area (TPSA) is 83.9 Å². The standard InChI is InChI=1S/C24H21F3N6O/c1-13-7-16(21-28-5-2-6-29-21)19(31-10-13)22(34)33-12-15-8-23(15)9-17(20(23)33)32-18-4-3-14(11-30-18)24(25,26)27/h2-7,10-11,15,17,20H,8-9,12H2,1H3,(H,30,32). The van der Waals surface area contributed by atoms with Crippen LogP contribution in [0.5, 0.6) is 0 Å². The third-order valence-electron chi connectivity index (χ3n) is 7.32. The van der Waals surface area contributed by atoms with Crippen LogP contribution in [0.1, 0.15) is 34.5 Å². The second kappa shape index (κ2) is 7.22. The summed E-state index contributed by atoms with van der Waals surface area (Å²) in [6, 6.07) is 5.80. The van der Waals surface area contributed by atoms with Gasteiger partial charge in [-0.3, -0.25) is 9.78 Å². The average Bonchev–Trinajstić information content (AvgIpc) is 3.47. The first-order valence-corrected chi connectivity index (χ1v) is 11.1. The first-order valence-electron chi connectivity index (χ1n) is 11.1. The molecule has 1 aliphatic heterocycles. The Balaban J connectivity index is 1.26. The molecule has 1 saturated heterocycles. The fourth-order valence-electron chi connectivity index (χ4n) is 5.68. The lowest BCUT2D eigenvalue weighted by Crippen LogP contribution is -2.60. The zero-order valence-electron chi connectivity index (χ0n) is 18.3. The van der Waals surface area contributed by atoms with E-state index in [1.54, 1.807) is 24.7 Å². The number of carbonyl (C=O) groups excluding carboxylic acids is 1. The third kappa shape index (κ3) is 3.23. The second-order valence-corrected chi connectivity index (χ2v) is 9.40. The first-order chi connectivity index (χ1) is 16.3. The molecule has 7 nitrogen and oxygen atoms in total. The van der Waals surface area contributed by atoms with Crippen molar-refractivity contribution in [2.24, 2.45) is 11.3 Å². The van der Waals surface area contributed by atoms with Gasteiger partial charge in [0, 0.05) is 37.4 Å². The number of rotatable bonds is 4. The van der Waals surface area contributed by atoms with E-state index in [1.165, 1.54) is 6.07 Å². The zero-order chi connectivity index (χ0) is 23.7. The van der Waals surface area contributed by atoms with Crippen LogP contribution in [0.15, 0.2) is 49.1 Å². The Kier molecular flexibility index (Phi) is 4.46. The number of amides is 1. The Hall–Kier alpha value is -3.56. The van der Waals surface area contributed by atoms with Crippen molar-refractivity contribution in [1.29, 1.82) is 0 Å². The minimum atomic E-state index is -4.43. The van der Waals surface area contributed by atoms with E-state index in [0.717, 1.165) is 30.7 Å². The number of nitrogens with zero attached hydrogens (tertiary/aromatic N) is 5. The molecule has 0 aromatic carbocycles. The number of piperidine rings is 1. The number of anilines is 1. The molecule has 2 aliphatic carbocycles.